The number of benzene rings is 1. The van der Waals surface area contributed by atoms with Gasteiger partial charge in [0.2, 0.25) is 0 Å². The van der Waals surface area contributed by atoms with Crippen molar-refractivity contribution >= 4 is 33.3 Å². The van der Waals surface area contributed by atoms with Crippen molar-refractivity contribution in [2.75, 3.05) is 57.9 Å². The van der Waals surface area contributed by atoms with Crippen molar-refractivity contribution in [1.29, 1.82) is 0 Å². The van der Waals surface area contributed by atoms with E-state index in [-0.39, 0.29) is 5.91 Å². The Hall–Kier alpha value is -2.42. The molecule has 0 aliphatic carbocycles. The van der Waals surface area contributed by atoms with Crippen LogP contribution in [0, 0.1) is 5.92 Å². The Labute approximate surface area is 199 Å². The molecule has 2 saturated heterocycles. The van der Waals surface area contributed by atoms with Crippen LogP contribution in [0.1, 0.15) is 35.4 Å². The molecule has 5 rings (SSSR count). The largest absolute Gasteiger partial charge is 0.380 e. The maximum Gasteiger partial charge on any atom is 0.261 e. The highest BCUT2D eigenvalue weighted by molar-refractivity contribution is 7.21. The minimum absolute atomic E-state index is 0.0624. The van der Waals surface area contributed by atoms with Crippen LogP contribution in [0.2, 0.25) is 0 Å². The summed E-state index contributed by atoms with van der Waals surface area (Å²) in [7, 11) is 1.68. The van der Waals surface area contributed by atoms with Gasteiger partial charge in [0.05, 0.1) is 12.0 Å². The van der Waals surface area contributed by atoms with Crippen LogP contribution in [0.3, 0.4) is 0 Å². The van der Waals surface area contributed by atoms with Gasteiger partial charge in [-0.1, -0.05) is 30.3 Å². The molecule has 0 radical (unpaired) electrons. The molecule has 0 bridgehead atoms. The Balaban J connectivity index is 1.27. The Morgan fingerprint density at radius 3 is 2.67 bits per heavy atom. The van der Waals surface area contributed by atoms with Crippen LogP contribution in [0.5, 0.6) is 0 Å². The number of carbonyl (C=O) groups excluding carboxylic acids is 1. The fourth-order valence-electron chi connectivity index (χ4n) is 5.03. The standard InChI is InChI=1S/C25H33N5O2S/c1-26-24(31)22-20(19-7-3-2-4-8-19)21-23(27-28-25(21)33-22)30-13-9-18(10-14-30)17-32-16-15-29-11-5-6-12-29/h2-4,7-8,18H,5-6,9-17H2,1H3,(H,26,31)(H,27,28). The first-order chi connectivity index (χ1) is 16.2. The summed E-state index contributed by atoms with van der Waals surface area (Å²) < 4.78 is 6.03. The van der Waals surface area contributed by atoms with Gasteiger partial charge in [0.15, 0.2) is 0 Å². The molecule has 4 heterocycles. The lowest BCUT2D eigenvalue weighted by Crippen LogP contribution is -2.35. The summed E-state index contributed by atoms with van der Waals surface area (Å²) in [6.45, 7) is 7.17. The third-order valence-corrected chi connectivity index (χ3v) is 8.00. The molecule has 2 aliphatic heterocycles. The summed E-state index contributed by atoms with van der Waals surface area (Å²) in [6.07, 6.45) is 4.88. The Morgan fingerprint density at radius 2 is 1.94 bits per heavy atom. The maximum atomic E-state index is 12.6. The zero-order valence-corrected chi connectivity index (χ0v) is 20.1. The lowest BCUT2D eigenvalue weighted by atomic mass is 9.97. The van der Waals surface area contributed by atoms with Gasteiger partial charge < -0.3 is 19.9 Å². The quantitative estimate of drug-likeness (QED) is 0.490. The second-order valence-corrected chi connectivity index (χ2v) is 10.1. The summed E-state index contributed by atoms with van der Waals surface area (Å²) in [6, 6.07) is 10.2. The third-order valence-electron chi connectivity index (χ3n) is 6.92. The molecule has 1 aromatic carbocycles. The number of nitrogens with one attached hydrogen (secondary N) is 2. The molecule has 8 heteroatoms. The van der Waals surface area contributed by atoms with Crippen molar-refractivity contribution in [3.8, 4) is 11.1 Å². The molecule has 2 N–H and O–H groups in total. The van der Waals surface area contributed by atoms with Crippen LogP contribution < -0.4 is 10.2 Å². The summed E-state index contributed by atoms with van der Waals surface area (Å²) >= 11 is 1.46. The van der Waals surface area contributed by atoms with Crippen molar-refractivity contribution in [1.82, 2.24) is 20.4 Å². The molecular weight excluding hydrogens is 434 g/mol. The Bertz CT molecular complexity index is 1070. The van der Waals surface area contributed by atoms with E-state index in [1.54, 1.807) is 7.05 Å². The van der Waals surface area contributed by atoms with Gasteiger partial charge in [-0.05, 0) is 50.3 Å². The molecule has 176 valence electrons. The van der Waals surface area contributed by atoms with Gasteiger partial charge in [0, 0.05) is 38.9 Å². The number of nitrogens with zero attached hydrogens (tertiary/aromatic N) is 3. The molecule has 0 unspecified atom stereocenters. The highest BCUT2D eigenvalue weighted by atomic mass is 32.1. The number of hydrogen-bond donors (Lipinski definition) is 2. The number of carbonyl (C=O) groups is 1. The zero-order valence-electron chi connectivity index (χ0n) is 19.3. The van der Waals surface area contributed by atoms with E-state index in [4.69, 9.17) is 4.74 Å². The van der Waals surface area contributed by atoms with E-state index in [2.05, 4.69) is 37.4 Å². The number of likely N-dealkylation sites (tertiary alicyclic amines) is 1. The topological polar surface area (TPSA) is 73.5 Å². The van der Waals surface area contributed by atoms with Crippen LogP contribution in [-0.4, -0.2) is 74.0 Å². The van der Waals surface area contributed by atoms with E-state index in [1.807, 2.05) is 18.2 Å². The molecule has 7 nitrogen and oxygen atoms in total. The van der Waals surface area contributed by atoms with E-state index in [0.29, 0.717) is 5.92 Å². The van der Waals surface area contributed by atoms with Crippen LogP contribution in [0.15, 0.2) is 30.3 Å². The number of rotatable bonds is 8. The predicted molar refractivity (Wildman–Crippen MR) is 134 cm³/mol. The average Bonchev–Trinajstić information content (AvgIpc) is 3.59. The van der Waals surface area contributed by atoms with Gasteiger partial charge in [0.1, 0.15) is 15.5 Å². The minimum atomic E-state index is -0.0624. The molecular formula is C25H33N5O2S. The lowest BCUT2D eigenvalue weighted by Gasteiger charge is -2.32. The highest BCUT2D eigenvalue weighted by Crippen LogP contribution is 2.43. The summed E-state index contributed by atoms with van der Waals surface area (Å²) in [5.41, 5.74) is 2.03. The number of fused-ring (bicyclic) bond motifs is 1. The van der Waals surface area contributed by atoms with Gasteiger partial charge in [-0.15, -0.1) is 11.3 Å². The SMILES string of the molecule is CNC(=O)c1sc2n[nH]c(N3CCC(COCCN4CCCC4)CC3)c2c1-c1ccccc1. The van der Waals surface area contributed by atoms with Crippen LogP contribution in [0.25, 0.3) is 21.3 Å². The van der Waals surface area contributed by atoms with Crippen molar-refractivity contribution in [3.05, 3.63) is 35.2 Å². The molecule has 0 saturated carbocycles. The second-order valence-electron chi connectivity index (χ2n) is 9.06. The highest BCUT2D eigenvalue weighted by Gasteiger charge is 2.28. The predicted octanol–water partition coefficient (Wildman–Crippen LogP) is 3.98. The molecule has 3 aromatic rings. The number of aromatic nitrogens is 2. The first-order valence-electron chi connectivity index (χ1n) is 12.1. The fraction of sp³-hybridized carbons (Fsp3) is 0.520. The van der Waals surface area contributed by atoms with Gasteiger partial charge in [0.25, 0.3) is 5.91 Å². The molecule has 0 atom stereocenters. The third kappa shape index (κ3) is 4.78. The lowest BCUT2D eigenvalue weighted by molar-refractivity contribution is 0.0753. The number of anilines is 1. The van der Waals surface area contributed by atoms with Gasteiger partial charge in [-0.25, -0.2) is 0 Å². The first kappa shape index (κ1) is 22.4. The number of H-pyrrole nitrogens is 1. The van der Waals surface area contributed by atoms with Gasteiger partial charge >= 0.3 is 0 Å². The van der Waals surface area contributed by atoms with Crippen molar-refractivity contribution in [3.63, 3.8) is 0 Å². The number of thiophene rings is 1. The number of ether oxygens (including phenoxy) is 1. The number of amides is 1. The summed E-state index contributed by atoms with van der Waals surface area (Å²) in [4.78, 5) is 19.1. The van der Waals surface area contributed by atoms with Crippen LogP contribution >= 0.6 is 11.3 Å². The fourth-order valence-corrected chi connectivity index (χ4v) is 6.14. The summed E-state index contributed by atoms with van der Waals surface area (Å²) in [5, 5.41) is 11.7. The zero-order chi connectivity index (χ0) is 22.6. The Kier molecular flexibility index (Phi) is 6.94. The van der Waals surface area contributed by atoms with Crippen LogP contribution in [0.4, 0.5) is 5.82 Å². The van der Waals surface area contributed by atoms with Crippen molar-refractivity contribution in [2.24, 2.45) is 5.92 Å². The number of aromatic amines is 1. The maximum absolute atomic E-state index is 12.6. The van der Waals surface area contributed by atoms with E-state index in [9.17, 15) is 4.79 Å². The Morgan fingerprint density at radius 1 is 1.18 bits per heavy atom. The summed E-state index contributed by atoms with van der Waals surface area (Å²) in [5.74, 6) is 1.58. The van der Waals surface area contributed by atoms with Crippen LogP contribution in [-0.2, 0) is 4.74 Å². The molecule has 2 fully saturated rings. The first-order valence-corrected chi connectivity index (χ1v) is 12.9. The minimum Gasteiger partial charge on any atom is -0.380 e. The number of piperidine rings is 1. The van der Waals surface area contributed by atoms with E-state index >= 15 is 0 Å². The van der Waals surface area contributed by atoms with Crippen molar-refractivity contribution in [2.45, 2.75) is 25.7 Å². The van der Waals surface area contributed by atoms with E-state index in [0.717, 1.165) is 77.7 Å². The van der Waals surface area contributed by atoms with E-state index < -0.39 is 0 Å². The smallest absolute Gasteiger partial charge is 0.261 e. The number of hydrogen-bond acceptors (Lipinski definition) is 6. The monoisotopic (exact) mass is 467 g/mol. The normalized spacial score (nSPS) is 17.8. The van der Waals surface area contributed by atoms with Gasteiger partial charge in [-0.2, -0.15) is 5.10 Å². The molecule has 0 spiro atoms. The second kappa shape index (κ2) is 10.2. The molecule has 1 amide bonds. The van der Waals surface area contributed by atoms with E-state index in [1.165, 1.54) is 37.3 Å². The molecule has 33 heavy (non-hydrogen) atoms. The van der Waals surface area contributed by atoms with Gasteiger partial charge in [-0.3, -0.25) is 9.89 Å². The average molecular weight is 468 g/mol. The molecule has 2 aliphatic rings. The molecule has 2 aromatic heterocycles. The van der Waals surface area contributed by atoms with Crippen molar-refractivity contribution < 1.29 is 9.53 Å².